The number of hydroxylamine groups is 2. The average molecular weight is 420 g/mol. The van der Waals surface area contributed by atoms with E-state index in [1.165, 1.54) is 25.1 Å². The third kappa shape index (κ3) is 4.30. The maximum atomic E-state index is 12.5. The zero-order valence-corrected chi connectivity index (χ0v) is 16.6. The van der Waals surface area contributed by atoms with E-state index in [-0.39, 0.29) is 11.7 Å². The number of anilines is 1. The molecule has 2 aliphatic rings. The van der Waals surface area contributed by atoms with E-state index in [1.54, 1.807) is 4.90 Å². The van der Waals surface area contributed by atoms with Crippen molar-refractivity contribution in [1.82, 2.24) is 19.7 Å². The summed E-state index contributed by atoms with van der Waals surface area (Å²) in [5.74, 6) is -0.444. The van der Waals surface area contributed by atoms with Crippen molar-refractivity contribution in [2.45, 2.75) is 12.8 Å². The molecule has 10 heteroatoms. The third-order valence-corrected chi connectivity index (χ3v) is 5.43. The van der Waals surface area contributed by atoms with Crippen LogP contribution in [0.4, 0.5) is 10.5 Å². The van der Waals surface area contributed by atoms with Gasteiger partial charge in [0.2, 0.25) is 0 Å². The topological polar surface area (TPSA) is 91.1 Å². The lowest BCUT2D eigenvalue weighted by atomic mass is 10.3. The van der Waals surface area contributed by atoms with Gasteiger partial charge in [0, 0.05) is 38.4 Å². The highest BCUT2D eigenvalue weighted by atomic mass is 35.5. The van der Waals surface area contributed by atoms with Gasteiger partial charge in [-0.1, -0.05) is 11.6 Å². The van der Waals surface area contributed by atoms with Crippen molar-refractivity contribution in [3.63, 3.8) is 0 Å². The van der Waals surface area contributed by atoms with E-state index in [0.717, 1.165) is 28.5 Å². The quantitative estimate of drug-likeness (QED) is 0.813. The van der Waals surface area contributed by atoms with Gasteiger partial charge in [-0.25, -0.2) is 9.59 Å². The van der Waals surface area contributed by atoms with E-state index >= 15 is 0 Å². The molecule has 0 saturated carbocycles. The Kier molecular flexibility index (Phi) is 5.59. The molecule has 2 aliphatic heterocycles. The molecule has 2 aromatic rings. The van der Waals surface area contributed by atoms with Gasteiger partial charge >= 0.3 is 12.0 Å². The maximum absolute atomic E-state index is 12.5. The van der Waals surface area contributed by atoms with Gasteiger partial charge in [0.25, 0.3) is 0 Å². The zero-order valence-electron chi connectivity index (χ0n) is 15.8. The first-order valence-electron chi connectivity index (χ1n) is 9.57. The Morgan fingerprint density at radius 2 is 1.76 bits per heavy atom. The number of piperazine rings is 1. The molecule has 0 radical (unpaired) electrons. The summed E-state index contributed by atoms with van der Waals surface area (Å²) in [4.78, 5) is 33.3. The number of amides is 1. The number of aromatic nitrogens is 2. The van der Waals surface area contributed by atoms with E-state index in [4.69, 9.17) is 21.5 Å². The van der Waals surface area contributed by atoms with Gasteiger partial charge in [0.1, 0.15) is 5.75 Å². The predicted octanol–water partition coefficient (Wildman–Crippen LogP) is 2.41. The van der Waals surface area contributed by atoms with Crippen LogP contribution in [0.2, 0.25) is 5.02 Å². The van der Waals surface area contributed by atoms with Gasteiger partial charge in [0.15, 0.2) is 5.69 Å². The Bertz CT molecular complexity index is 904. The minimum absolute atomic E-state index is 0.156. The molecule has 0 atom stereocenters. The largest absolute Gasteiger partial charge is 0.476 e. The first-order chi connectivity index (χ1) is 14.0. The van der Waals surface area contributed by atoms with Crippen LogP contribution in [0.1, 0.15) is 23.3 Å². The molecule has 1 N–H and O–H groups in total. The first kappa shape index (κ1) is 19.5. The van der Waals surface area contributed by atoms with Crippen LogP contribution < -0.4 is 9.74 Å². The van der Waals surface area contributed by atoms with E-state index in [0.29, 0.717) is 31.9 Å². The van der Waals surface area contributed by atoms with Crippen LogP contribution in [0.3, 0.4) is 0 Å². The fourth-order valence-electron chi connectivity index (χ4n) is 3.56. The van der Waals surface area contributed by atoms with Crippen LogP contribution in [-0.4, -0.2) is 76.1 Å². The van der Waals surface area contributed by atoms with Gasteiger partial charge in [-0.15, -0.1) is 5.06 Å². The van der Waals surface area contributed by atoms with Crippen LogP contribution in [-0.2, 0) is 0 Å². The number of hydrogen-bond acceptors (Lipinski definition) is 6. The minimum atomic E-state index is -1.16. The molecule has 0 aliphatic carbocycles. The predicted molar refractivity (Wildman–Crippen MR) is 107 cm³/mol. The minimum Gasteiger partial charge on any atom is -0.476 e. The third-order valence-electron chi connectivity index (χ3n) is 5.11. The Morgan fingerprint density at radius 3 is 2.41 bits per heavy atom. The molecule has 4 rings (SSSR count). The van der Waals surface area contributed by atoms with Crippen LogP contribution in [0.15, 0.2) is 30.5 Å². The van der Waals surface area contributed by atoms with Gasteiger partial charge in [-0.3, -0.25) is 0 Å². The molecule has 29 heavy (non-hydrogen) atoms. The summed E-state index contributed by atoms with van der Waals surface area (Å²) in [5.41, 5.74) is 0.834. The maximum Gasteiger partial charge on any atom is 0.356 e. The lowest BCUT2D eigenvalue weighted by Crippen LogP contribution is -2.50. The van der Waals surface area contributed by atoms with Crippen LogP contribution in [0.25, 0.3) is 0 Å². The van der Waals surface area contributed by atoms with Crippen molar-refractivity contribution in [2.24, 2.45) is 0 Å². The summed E-state index contributed by atoms with van der Waals surface area (Å²) >= 11 is 6.35. The zero-order chi connectivity index (χ0) is 20.4. The second-order valence-corrected chi connectivity index (χ2v) is 7.46. The number of aromatic carboxylic acids is 1. The molecule has 3 heterocycles. The van der Waals surface area contributed by atoms with Crippen molar-refractivity contribution in [3.8, 4) is 5.75 Å². The number of nitrogens with zero attached hydrogens (tertiary/aromatic N) is 5. The normalized spacial score (nSPS) is 17.6. The molecule has 154 valence electrons. The first-order valence-corrected chi connectivity index (χ1v) is 9.95. The van der Waals surface area contributed by atoms with E-state index in [9.17, 15) is 9.59 Å². The molecular formula is C19H22ClN5O4. The standard InChI is InChI=1S/C19H22ClN5O4/c20-15-4-3-14(13-17(15)22-6-1-2-7-22)29-24-11-9-23(10-12-24)19(28)25-8-5-16(21-25)18(26)27/h3-5,8,13H,1-2,6-7,9-12H2,(H,26,27). The SMILES string of the molecule is O=C(O)c1ccn(C(=O)N2CCN(Oc3ccc(Cl)c(N4CCCC4)c3)CC2)n1. The molecule has 1 aromatic heterocycles. The van der Waals surface area contributed by atoms with Crippen molar-refractivity contribution >= 4 is 29.3 Å². The Hall–Kier alpha value is -2.78. The second-order valence-electron chi connectivity index (χ2n) is 7.05. The Labute approximate surface area is 173 Å². The molecule has 0 bridgehead atoms. The number of benzene rings is 1. The monoisotopic (exact) mass is 419 g/mol. The summed E-state index contributed by atoms with van der Waals surface area (Å²) in [6, 6.07) is 6.61. The summed E-state index contributed by atoms with van der Waals surface area (Å²) in [6.07, 6.45) is 3.70. The number of hydrogen-bond donors (Lipinski definition) is 1. The second kappa shape index (κ2) is 8.30. The smallest absolute Gasteiger partial charge is 0.356 e. The lowest BCUT2D eigenvalue weighted by Gasteiger charge is -2.33. The van der Waals surface area contributed by atoms with Crippen molar-refractivity contribution in [1.29, 1.82) is 0 Å². The van der Waals surface area contributed by atoms with Crippen LogP contribution in [0.5, 0.6) is 5.75 Å². The molecule has 2 fully saturated rings. The molecule has 1 amide bonds. The van der Waals surface area contributed by atoms with Gasteiger partial charge < -0.3 is 19.7 Å². The van der Waals surface area contributed by atoms with E-state index in [2.05, 4.69) is 10.00 Å². The van der Waals surface area contributed by atoms with Crippen molar-refractivity contribution < 1.29 is 19.5 Å². The highest BCUT2D eigenvalue weighted by Gasteiger charge is 2.25. The summed E-state index contributed by atoms with van der Waals surface area (Å²) in [7, 11) is 0. The molecule has 1 aromatic carbocycles. The molecule has 0 spiro atoms. The van der Waals surface area contributed by atoms with E-state index < -0.39 is 5.97 Å². The average Bonchev–Trinajstić information content (AvgIpc) is 3.42. The summed E-state index contributed by atoms with van der Waals surface area (Å²) < 4.78 is 1.06. The number of carbonyl (C=O) groups excluding carboxylic acids is 1. The lowest BCUT2D eigenvalue weighted by molar-refractivity contribution is -0.0819. The molecule has 9 nitrogen and oxygen atoms in total. The van der Waals surface area contributed by atoms with Gasteiger partial charge in [-0.05, 0) is 31.0 Å². The number of carboxylic acids is 1. The van der Waals surface area contributed by atoms with E-state index in [1.807, 2.05) is 23.3 Å². The van der Waals surface area contributed by atoms with Crippen LogP contribution in [0, 0.1) is 0 Å². The molecular weight excluding hydrogens is 398 g/mol. The Balaban J connectivity index is 1.34. The fraction of sp³-hybridized carbons (Fsp3) is 0.421. The summed E-state index contributed by atoms with van der Waals surface area (Å²) in [5, 5.41) is 15.3. The Morgan fingerprint density at radius 1 is 1.03 bits per heavy atom. The highest BCUT2D eigenvalue weighted by molar-refractivity contribution is 6.33. The fourth-order valence-corrected chi connectivity index (χ4v) is 3.80. The van der Waals surface area contributed by atoms with Gasteiger partial charge in [-0.2, -0.15) is 9.78 Å². The number of carboxylic acid groups (broad SMARTS) is 1. The molecule has 2 saturated heterocycles. The number of rotatable bonds is 4. The van der Waals surface area contributed by atoms with Crippen molar-refractivity contribution in [2.75, 3.05) is 44.2 Å². The van der Waals surface area contributed by atoms with Crippen molar-refractivity contribution in [3.05, 3.63) is 41.2 Å². The highest BCUT2D eigenvalue weighted by Crippen LogP contribution is 2.32. The number of halogens is 1. The summed E-state index contributed by atoms with van der Waals surface area (Å²) in [6.45, 7) is 3.96. The van der Waals surface area contributed by atoms with Gasteiger partial charge in [0.05, 0.1) is 23.8 Å². The molecule has 0 unspecified atom stereocenters. The number of carbonyl (C=O) groups is 2. The van der Waals surface area contributed by atoms with Crippen LogP contribution >= 0.6 is 11.6 Å².